The Hall–Kier alpha value is -3.08. The van der Waals surface area contributed by atoms with E-state index in [-0.39, 0.29) is 23.3 Å². The molecular formula is C19H18N2O3. The van der Waals surface area contributed by atoms with Gasteiger partial charge in [0.25, 0.3) is 11.8 Å². The van der Waals surface area contributed by atoms with Crippen LogP contribution >= 0.6 is 0 Å². The second-order valence-electron chi connectivity index (χ2n) is 5.59. The van der Waals surface area contributed by atoms with Crippen molar-refractivity contribution in [2.24, 2.45) is 0 Å². The fraction of sp³-hybridized carbons (Fsp3) is 0.158. The molecule has 5 nitrogen and oxygen atoms in total. The maximum absolute atomic E-state index is 12.4. The smallest absolute Gasteiger partial charge is 0.267 e. The number of carbonyl (C=O) groups is 2. The second-order valence-corrected chi connectivity index (χ2v) is 5.59. The van der Waals surface area contributed by atoms with Gasteiger partial charge in [0.1, 0.15) is 11.4 Å². The summed E-state index contributed by atoms with van der Waals surface area (Å²) in [4.78, 5) is 24.7. The predicted molar refractivity (Wildman–Crippen MR) is 91.3 cm³/mol. The van der Waals surface area contributed by atoms with Crippen molar-refractivity contribution < 1.29 is 14.7 Å². The zero-order valence-corrected chi connectivity index (χ0v) is 13.3. The quantitative estimate of drug-likeness (QED) is 0.758. The van der Waals surface area contributed by atoms with Crippen LogP contribution in [0.25, 0.3) is 5.57 Å². The molecule has 0 saturated carbocycles. The second kappa shape index (κ2) is 6.58. The Labute approximate surface area is 140 Å². The molecule has 0 radical (unpaired) electrons. The van der Waals surface area contributed by atoms with Crippen LogP contribution in [0.15, 0.2) is 54.2 Å². The molecule has 5 heteroatoms. The molecule has 0 spiro atoms. The minimum Gasteiger partial charge on any atom is -0.508 e. The molecule has 1 aliphatic carbocycles. The fourth-order valence-electron chi connectivity index (χ4n) is 2.90. The molecule has 0 saturated heterocycles. The molecule has 3 N–H and O–H groups in total. The van der Waals surface area contributed by atoms with Gasteiger partial charge in [0, 0.05) is 12.6 Å². The van der Waals surface area contributed by atoms with Crippen LogP contribution in [-0.2, 0) is 11.2 Å². The van der Waals surface area contributed by atoms with Crippen molar-refractivity contribution in [2.75, 3.05) is 7.05 Å². The first kappa shape index (κ1) is 15.8. The molecule has 0 aromatic heterocycles. The van der Waals surface area contributed by atoms with Crippen LogP contribution in [0.2, 0.25) is 0 Å². The Morgan fingerprint density at radius 1 is 1.04 bits per heavy atom. The monoisotopic (exact) mass is 322 g/mol. The molecule has 122 valence electrons. The van der Waals surface area contributed by atoms with Crippen molar-refractivity contribution in [1.82, 2.24) is 10.6 Å². The summed E-state index contributed by atoms with van der Waals surface area (Å²) in [6, 6.07) is 13.8. The number of hydrogen-bond acceptors (Lipinski definition) is 3. The van der Waals surface area contributed by atoms with E-state index in [1.807, 2.05) is 6.07 Å². The Bertz CT molecular complexity index is 826. The van der Waals surface area contributed by atoms with Gasteiger partial charge in [-0.05, 0) is 53.8 Å². The highest BCUT2D eigenvalue weighted by molar-refractivity contribution is 6.07. The Morgan fingerprint density at radius 3 is 2.50 bits per heavy atom. The Morgan fingerprint density at radius 2 is 1.79 bits per heavy atom. The van der Waals surface area contributed by atoms with Crippen LogP contribution in [-0.4, -0.2) is 24.0 Å². The molecule has 0 heterocycles. The van der Waals surface area contributed by atoms with Crippen LogP contribution in [0.1, 0.15) is 27.9 Å². The molecule has 0 fully saturated rings. The first-order chi connectivity index (χ1) is 11.6. The largest absolute Gasteiger partial charge is 0.508 e. The van der Waals surface area contributed by atoms with Gasteiger partial charge in [0.15, 0.2) is 0 Å². The third-order valence-corrected chi connectivity index (χ3v) is 4.09. The van der Waals surface area contributed by atoms with Crippen LogP contribution in [0.5, 0.6) is 5.75 Å². The first-order valence-electron chi connectivity index (χ1n) is 7.74. The number of hydrogen-bond donors (Lipinski definition) is 3. The number of phenolic OH excluding ortho intramolecular Hbond substituents is 1. The number of aryl methyl sites for hydroxylation is 1. The molecule has 3 rings (SSSR count). The molecule has 1 aliphatic rings. The lowest BCUT2D eigenvalue weighted by Gasteiger charge is -2.13. The van der Waals surface area contributed by atoms with Gasteiger partial charge in [-0.1, -0.05) is 24.3 Å². The summed E-state index contributed by atoms with van der Waals surface area (Å²) < 4.78 is 0. The van der Waals surface area contributed by atoms with E-state index < -0.39 is 0 Å². The lowest BCUT2D eigenvalue weighted by molar-refractivity contribution is -0.117. The SMILES string of the molecule is CNC(=O)/C(NC(=O)c1ccccc1)=C1\CCc2cc(O)ccc21. The van der Waals surface area contributed by atoms with Crippen LogP contribution < -0.4 is 10.6 Å². The standard InChI is InChI=1S/C19H18N2O3/c1-20-19(24)17(21-18(23)12-5-3-2-4-6-12)16-9-7-13-11-14(22)8-10-15(13)16/h2-6,8,10-11,22H,7,9H2,1H3,(H,20,24)(H,21,23)/b17-16-. The van der Waals surface area contributed by atoms with E-state index in [0.717, 1.165) is 23.1 Å². The fourth-order valence-corrected chi connectivity index (χ4v) is 2.90. The molecule has 2 aromatic carbocycles. The van der Waals surface area contributed by atoms with Gasteiger partial charge >= 0.3 is 0 Å². The summed E-state index contributed by atoms with van der Waals surface area (Å²) in [5.74, 6) is -0.464. The van der Waals surface area contributed by atoms with Crippen molar-refractivity contribution in [1.29, 1.82) is 0 Å². The molecule has 0 atom stereocenters. The number of rotatable bonds is 3. The van der Waals surface area contributed by atoms with E-state index in [1.165, 1.54) is 7.05 Å². The van der Waals surface area contributed by atoms with Gasteiger partial charge in [-0.3, -0.25) is 9.59 Å². The minimum atomic E-state index is -0.338. The molecule has 24 heavy (non-hydrogen) atoms. The average molecular weight is 322 g/mol. The Balaban J connectivity index is 2.00. The normalized spacial score (nSPS) is 14.7. The van der Waals surface area contributed by atoms with E-state index >= 15 is 0 Å². The molecule has 0 bridgehead atoms. The lowest BCUT2D eigenvalue weighted by atomic mass is 10.0. The number of carbonyl (C=O) groups excluding carboxylic acids is 2. The minimum absolute atomic E-state index is 0.199. The highest BCUT2D eigenvalue weighted by atomic mass is 16.3. The zero-order valence-electron chi connectivity index (χ0n) is 13.3. The average Bonchev–Trinajstić information content (AvgIpc) is 3.02. The van der Waals surface area contributed by atoms with Crippen LogP contribution in [0, 0.1) is 0 Å². The number of amides is 2. The van der Waals surface area contributed by atoms with E-state index in [1.54, 1.807) is 42.5 Å². The topological polar surface area (TPSA) is 78.4 Å². The van der Waals surface area contributed by atoms with Crippen LogP contribution in [0.3, 0.4) is 0 Å². The van der Waals surface area contributed by atoms with Crippen molar-refractivity contribution in [3.8, 4) is 5.75 Å². The van der Waals surface area contributed by atoms with Crippen molar-refractivity contribution in [3.05, 3.63) is 70.9 Å². The summed E-state index contributed by atoms with van der Waals surface area (Å²) in [6.07, 6.45) is 1.36. The Kier molecular flexibility index (Phi) is 4.33. The molecule has 0 unspecified atom stereocenters. The van der Waals surface area contributed by atoms with E-state index in [0.29, 0.717) is 12.0 Å². The van der Waals surface area contributed by atoms with Gasteiger partial charge < -0.3 is 15.7 Å². The van der Waals surface area contributed by atoms with E-state index in [2.05, 4.69) is 10.6 Å². The van der Waals surface area contributed by atoms with E-state index in [4.69, 9.17) is 0 Å². The highest BCUT2D eigenvalue weighted by Gasteiger charge is 2.25. The maximum Gasteiger partial charge on any atom is 0.267 e. The van der Waals surface area contributed by atoms with Gasteiger partial charge in [-0.2, -0.15) is 0 Å². The van der Waals surface area contributed by atoms with Gasteiger partial charge in [-0.25, -0.2) is 0 Å². The number of allylic oxidation sites excluding steroid dienone is 1. The van der Waals surface area contributed by atoms with Gasteiger partial charge in [0.05, 0.1) is 0 Å². The number of aromatic hydroxyl groups is 1. The third-order valence-electron chi connectivity index (χ3n) is 4.09. The predicted octanol–water partition coefficient (Wildman–Crippen LogP) is 2.23. The summed E-state index contributed by atoms with van der Waals surface area (Å²) in [6.45, 7) is 0. The summed E-state index contributed by atoms with van der Waals surface area (Å²) in [5, 5.41) is 14.9. The number of fused-ring (bicyclic) bond motifs is 1. The molecule has 2 amide bonds. The highest BCUT2D eigenvalue weighted by Crippen LogP contribution is 2.35. The summed E-state index contributed by atoms with van der Waals surface area (Å²) >= 11 is 0. The maximum atomic E-state index is 12.4. The van der Waals surface area contributed by atoms with Crippen LogP contribution in [0.4, 0.5) is 0 Å². The molecule has 0 aliphatic heterocycles. The van der Waals surface area contributed by atoms with Gasteiger partial charge in [-0.15, -0.1) is 0 Å². The lowest BCUT2D eigenvalue weighted by Crippen LogP contribution is -2.34. The number of phenols is 1. The number of nitrogens with one attached hydrogen (secondary N) is 2. The number of benzene rings is 2. The summed E-state index contributed by atoms with van der Waals surface area (Å²) in [7, 11) is 1.53. The van der Waals surface area contributed by atoms with Gasteiger partial charge in [0.2, 0.25) is 0 Å². The molecule has 2 aromatic rings. The zero-order chi connectivity index (χ0) is 17.1. The van der Waals surface area contributed by atoms with Crippen molar-refractivity contribution in [2.45, 2.75) is 12.8 Å². The van der Waals surface area contributed by atoms with E-state index in [9.17, 15) is 14.7 Å². The summed E-state index contributed by atoms with van der Waals surface area (Å²) in [5.41, 5.74) is 3.40. The van der Waals surface area contributed by atoms with Crippen molar-refractivity contribution >= 4 is 17.4 Å². The first-order valence-corrected chi connectivity index (χ1v) is 7.74. The molecular weight excluding hydrogens is 304 g/mol. The third kappa shape index (κ3) is 3.01. The van der Waals surface area contributed by atoms with Crippen molar-refractivity contribution in [3.63, 3.8) is 0 Å². The number of likely N-dealkylation sites (N-methyl/N-ethyl adjacent to an activating group) is 1.